The van der Waals surface area contributed by atoms with Gasteiger partial charge in [0, 0.05) is 35.1 Å². The first-order valence-electron chi connectivity index (χ1n) is 11.4. The predicted octanol–water partition coefficient (Wildman–Crippen LogP) is 4.67. The second kappa shape index (κ2) is 8.46. The van der Waals surface area contributed by atoms with Crippen LogP contribution < -0.4 is 5.69 Å². The maximum absolute atomic E-state index is 13.8. The largest absolute Gasteiger partial charge is 0.346 e. The highest BCUT2D eigenvalue weighted by Gasteiger charge is 2.29. The summed E-state index contributed by atoms with van der Waals surface area (Å²) in [7, 11) is 0. The van der Waals surface area contributed by atoms with Gasteiger partial charge in [-0.1, -0.05) is 36.4 Å². The number of rotatable bonds is 4. The molecule has 1 fully saturated rings. The first-order valence-corrected chi connectivity index (χ1v) is 12.2. The molecule has 0 unspecified atom stereocenters. The van der Waals surface area contributed by atoms with Crippen molar-refractivity contribution in [3.8, 4) is 0 Å². The third kappa shape index (κ3) is 3.56. The number of likely N-dealkylation sites (tertiary alicyclic amines) is 1. The number of aromatic nitrogens is 4. The average molecular weight is 470 g/mol. The molecule has 0 bridgehead atoms. The number of fused-ring (bicyclic) bond motifs is 3. The lowest BCUT2D eigenvalue weighted by Crippen LogP contribution is -2.42. The van der Waals surface area contributed by atoms with Gasteiger partial charge in [0.05, 0.1) is 23.3 Å². The van der Waals surface area contributed by atoms with E-state index in [-0.39, 0.29) is 17.6 Å². The van der Waals surface area contributed by atoms with E-state index in [1.165, 1.54) is 0 Å². The Labute approximate surface area is 199 Å². The summed E-state index contributed by atoms with van der Waals surface area (Å²) in [6, 6.07) is 15.6. The van der Waals surface area contributed by atoms with Crippen LogP contribution >= 0.6 is 11.3 Å². The Morgan fingerprint density at radius 1 is 1.15 bits per heavy atom. The average Bonchev–Trinajstić information content (AvgIpc) is 3.62. The minimum Gasteiger partial charge on any atom is -0.346 e. The molecule has 170 valence electrons. The van der Waals surface area contributed by atoms with Crippen molar-refractivity contribution in [2.75, 3.05) is 13.1 Å². The second-order valence-corrected chi connectivity index (χ2v) is 9.53. The van der Waals surface area contributed by atoms with Crippen molar-refractivity contribution in [1.29, 1.82) is 0 Å². The van der Waals surface area contributed by atoms with Crippen molar-refractivity contribution in [3.05, 3.63) is 87.2 Å². The van der Waals surface area contributed by atoms with Gasteiger partial charge in [0.1, 0.15) is 5.65 Å². The SMILES string of the molecule is O=C(C(=Cc1cccs1)c1ccccc1)N1CCC[C@@H](n2c(=O)[nH]c3cnc4[nH]ccc4c32)C1. The maximum atomic E-state index is 13.8. The predicted molar refractivity (Wildman–Crippen MR) is 136 cm³/mol. The van der Waals surface area contributed by atoms with Crippen LogP contribution in [0.5, 0.6) is 0 Å². The number of carbonyl (C=O) groups excluding carboxylic acids is 1. The molecule has 1 aromatic carbocycles. The molecule has 1 saturated heterocycles. The van der Waals surface area contributed by atoms with E-state index in [1.54, 1.807) is 17.5 Å². The molecule has 4 aromatic heterocycles. The van der Waals surface area contributed by atoms with Gasteiger partial charge in [0.2, 0.25) is 0 Å². The first kappa shape index (κ1) is 20.7. The number of piperidine rings is 1. The minimum atomic E-state index is -0.165. The van der Waals surface area contributed by atoms with Gasteiger partial charge in [-0.2, -0.15) is 0 Å². The van der Waals surface area contributed by atoms with Crippen LogP contribution in [0.4, 0.5) is 0 Å². The molecule has 2 N–H and O–H groups in total. The van der Waals surface area contributed by atoms with Crippen LogP contribution in [0.2, 0.25) is 0 Å². The Morgan fingerprint density at radius 2 is 2.03 bits per heavy atom. The highest BCUT2D eigenvalue weighted by Crippen LogP contribution is 2.30. The summed E-state index contributed by atoms with van der Waals surface area (Å²) in [4.78, 5) is 40.2. The van der Waals surface area contributed by atoms with Gasteiger partial charge in [-0.3, -0.25) is 9.36 Å². The molecule has 0 saturated carbocycles. The summed E-state index contributed by atoms with van der Waals surface area (Å²) in [5, 5.41) is 2.91. The van der Waals surface area contributed by atoms with E-state index in [4.69, 9.17) is 0 Å². The van der Waals surface area contributed by atoms with E-state index in [0.717, 1.165) is 39.8 Å². The van der Waals surface area contributed by atoms with Crippen molar-refractivity contribution in [1.82, 2.24) is 24.4 Å². The number of nitrogens with one attached hydrogen (secondary N) is 2. The lowest BCUT2D eigenvalue weighted by molar-refractivity contribution is -0.126. The van der Waals surface area contributed by atoms with E-state index in [9.17, 15) is 9.59 Å². The van der Waals surface area contributed by atoms with E-state index >= 15 is 0 Å². The Balaban J connectivity index is 1.38. The lowest BCUT2D eigenvalue weighted by Gasteiger charge is -2.34. The number of amides is 1. The number of hydrogen-bond donors (Lipinski definition) is 2. The smallest absolute Gasteiger partial charge is 0.326 e. The minimum absolute atomic E-state index is 0.00866. The molecular weight excluding hydrogens is 446 g/mol. The van der Waals surface area contributed by atoms with Crippen molar-refractivity contribution >= 4 is 51.0 Å². The van der Waals surface area contributed by atoms with Gasteiger partial charge in [-0.15, -0.1) is 11.3 Å². The molecule has 1 amide bonds. The summed E-state index contributed by atoms with van der Waals surface area (Å²) in [5.74, 6) is -0.00866. The molecule has 5 aromatic rings. The normalized spacial score (nSPS) is 17.0. The second-order valence-electron chi connectivity index (χ2n) is 8.55. The Kier molecular flexibility index (Phi) is 5.15. The van der Waals surface area contributed by atoms with Crippen molar-refractivity contribution in [2.45, 2.75) is 18.9 Å². The topological polar surface area (TPSA) is 86.8 Å². The fourth-order valence-electron chi connectivity index (χ4n) is 4.89. The first-order chi connectivity index (χ1) is 16.7. The monoisotopic (exact) mass is 469 g/mol. The van der Waals surface area contributed by atoms with Crippen LogP contribution in [-0.4, -0.2) is 43.4 Å². The van der Waals surface area contributed by atoms with E-state index in [0.29, 0.717) is 24.2 Å². The molecule has 34 heavy (non-hydrogen) atoms. The van der Waals surface area contributed by atoms with Crippen LogP contribution in [0.25, 0.3) is 33.7 Å². The zero-order valence-electron chi connectivity index (χ0n) is 18.4. The third-order valence-corrected chi connectivity index (χ3v) is 7.27. The van der Waals surface area contributed by atoms with Gasteiger partial charge >= 0.3 is 5.69 Å². The molecule has 1 aliphatic rings. The van der Waals surface area contributed by atoms with Gasteiger partial charge in [0.25, 0.3) is 5.91 Å². The number of thiophene rings is 1. The van der Waals surface area contributed by atoms with Gasteiger partial charge in [0.15, 0.2) is 0 Å². The molecule has 1 atom stereocenters. The van der Waals surface area contributed by atoms with E-state index in [2.05, 4.69) is 15.0 Å². The zero-order chi connectivity index (χ0) is 23.1. The van der Waals surface area contributed by atoms with Gasteiger partial charge in [-0.25, -0.2) is 9.78 Å². The van der Waals surface area contributed by atoms with Gasteiger partial charge in [-0.05, 0) is 42.0 Å². The number of nitrogens with zero attached hydrogens (tertiary/aromatic N) is 3. The van der Waals surface area contributed by atoms with Crippen molar-refractivity contribution in [2.24, 2.45) is 0 Å². The Hall–Kier alpha value is -3.91. The summed E-state index contributed by atoms with van der Waals surface area (Å²) < 4.78 is 1.82. The van der Waals surface area contributed by atoms with Crippen LogP contribution in [0.15, 0.2) is 71.1 Å². The molecule has 1 aliphatic heterocycles. The van der Waals surface area contributed by atoms with Crippen LogP contribution in [0, 0.1) is 0 Å². The molecule has 0 aliphatic carbocycles. The van der Waals surface area contributed by atoms with Crippen molar-refractivity contribution in [3.63, 3.8) is 0 Å². The standard InChI is InChI=1S/C26H23N5O2S/c32-25(21(14-19-9-5-13-34-19)17-6-2-1-3-7-17)30-12-4-8-18(16-30)31-23-20-10-11-27-24(20)28-15-22(23)29-26(31)33/h1-3,5-7,9-11,13-15,18H,4,8,12,16H2,(H,27,28)(H,29,33)/t18-/m1/s1. The molecule has 0 radical (unpaired) electrons. The van der Waals surface area contributed by atoms with Crippen LogP contribution in [0.1, 0.15) is 29.3 Å². The molecule has 8 heteroatoms. The molecular formula is C26H23N5O2S. The van der Waals surface area contributed by atoms with Gasteiger partial charge < -0.3 is 14.9 Å². The Bertz CT molecular complexity index is 1560. The summed E-state index contributed by atoms with van der Waals surface area (Å²) >= 11 is 1.61. The number of carbonyl (C=O) groups is 1. The highest BCUT2D eigenvalue weighted by molar-refractivity contribution is 7.11. The number of pyridine rings is 1. The summed E-state index contributed by atoms with van der Waals surface area (Å²) in [6.07, 6.45) is 7.16. The quantitative estimate of drug-likeness (QED) is 0.375. The summed E-state index contributed by atoms with van der Waals surface area (Å²) in [6.45, 7) is 1.15. The van der Waals surface area contributed by atoms with Crippen LogP contribution in [0.3, 0.4) is 0 Å². The number of H-pyrrole nitrogens is 2. The molecule has 6 rings (SSSR count). The third-order valence-electron chi connectivity index (χ3n) is 6.45. The molecule has 7 nitrogen and oxygen atoms in total. The molecule has 0 spiro atoms. The fraction of sp³-hybridized carbons (Fsp3) is 0.192. The number of hydrogen-bond acceptors (Lipinski definition) is 4. The maximum Gasteiger partial charge on any atom is 0.326 e. The van der Waals surface area contributed by atoms with E-state index < -0.39 is 0 Å². The highest BCUT2D eigenvalue weighted by atomic mass is 32.1. The summed E-state index contributed by atoms with van der Waals surface area (Å²) in [5.41, 5.74) is 3.70. The fourth-order valence-corrected chi connectivity index (χ4v) is 5.55. The number of benzene rings is 1. The zero-order valence-corrected chi connectivity index (χ0v) is 19.2. The number of aromatic amines is 2. The van der Waals surface area contributed by atoms with E-state index in [1.807, 2.05) is 75.7 Å². The molecule has 5 heterocycles. The number of imidazole rings is 1. The Morgan fingerprint density at radius 3 is 2.85 bits per heavy atom. The van der Waals surface area contributed by atoms with Crippen molar-refractivity contribution < 1.29 is 4.79 Å². The lowest BCUT2D eigenvalue weighted by atomic mass is 10.00. The van der Waals surface area contributed by atoms with Crippen LogP contribution in [-0.2, 0) is 4.79 Å².